The van der Waals surface area contributed by atoms with Gasteiger partial charge in [-0.2, -0.15) is 0 Å². The molecule has 1 heteroatoms. The maximum absolute atomic E-state index is 11.4. The van der Waals surface area contributed by atoms with Gasteiger partial charge >= 0.3 is 0 Å². The number of carbonyl (C=O) groups is 1. The van der Waals surface area contributed by atoms with Gasteiger partial charge in [0, 0.05) is 12.3 Å². The Morgan fingerprint density at radius 1 is 1.36 bits per heavy atom. The smallest absolute Gasteiger partial charge is 0.136 e. The van der Waals surface area contributed by atoms with Crippen molar-refractivity contribution >= 4 is 5.78 Å². The van der Waals surface area contributed by atoms with E-state index in [1.807, 2.05) is 0 Å². The van der Waals surface area contributed by atoms with E-state index in [4.69, 9.17) is 0 Å². The van der Waals surface area contributed by atoms with Gasteiger partial charge in [0.1, 0.15) is 5.78 Å². The molecular weight excluding hydrogens is 136 g/mol. The molecule has 1 rings (SSSR count). The van der Waals surface area contributed by atoms with E-state index in [1.165, 1.54) is 6.42 Å². The molecule has 0 bridgehead atoms. The van der Waals surface area contributed by atoms with Crippen LogP contribution >= 0.6 is 0 Å². The van der Waals surface area contributed by atoms with Crippen LogP contribution in [0.15, 0.2) is 0 Å². The molecule has 1 fully saturated rings. The van der Waals surface area contributed by atoms with E-state index in [9.17, 15) is 4.79 Å². The maximum atomic E-state index is 11.4. The van der Waals surface area contributed by atoms with Gasteiger partial charge in [-0.05, 0) is 24.7 Å². The third-order valence-electron chi connectivity index (χ3n) is 2.74. The average molecular weight is 154 g/mol. The predicted molar refractivity (Wildman–Crippen MR) is 46.4 cm³/mol. The van der Waals surface area contributed by atoms with E-state index >= 15 is 0 Å². The average Bonchev–Trinajstić information content (AvgIpc) is 1.85. The third kappa shape index (κ3) is 2.05. The molecule has 1 aliphatic rings. The second-order valence-corrected chi connectivity index (χ2v) is 4.20. The first-order chi connectivity index (χ1) is 5.11. The summed E-state index contributed by atoms with van der Waals surface area (Å²) in [5.41, 5.74) is 0. The fourth-order valence-electron chi connectivity index (χ4n) is 1.93. The maximum Gasteiger partial charge on any atom is 0.136 e. The SMILES string of the molecule is CC(C)C1CC[C@@H](C)CC1=O. The number of ketones is 1. The minimum Gasteiger partial charge on any atom is -0.299 e. The quantitative estimate of drug-likeness (QED) is 0.567. The monoisotopic (exact) mass is 154 g/mol. The van der Waals surface area contributed by atoms with E-state index in [2.05, 4.69) is 20.8 Å². The zero-order valence-electron chi connectivity index (χ0n) is 7.76. The number of hydrogen-bond acceptors (Lipinski definition) is 1. The summed E-state index contributed by atoms with van der Waals surface area (Å²) < 4.78 is 0. The molecule has 1 aliphatic carbocycles. The summed E-state index contributed by atoms with van der Waals surface area (Å²) in [5.74, 6) is 2.05. The van der Waals surface area contributed by atoms with E-state index in [0.717, 1.165) is 12.8 Å². The summed E-state index contributed by atoms with van der Waals surface area (Å²) in [6.45, 7) is 6.48. The molecule has 0 aromatic heterocycles. The van der Waals surface area contributed by atoms with Crippen molar-refractivity contribution in [3.63, 3.8) is 0 Å². The highest BCUT2D eigenvalue weighted by atomic mass is 16.1. The molecule has 1 unspecified atom stereocenters. The zero-order chi connectivity index (χ0) is 8.43. The first-order valence-corrected chi connectivity index (χ1v) is 4.64. The van der Waals surface area contributed by atoms with Crippen LogP contribution in [-0.4, -0.2) is 5.78 Å². The van der Waals surface area contributed by atoms with E-state index in [-0.39, 0.29) is 0 Å². The van der Waals surface area contributed by atoms with Crippen molar-refractivity contribution in [2.75, 3.05) is 0 Å². The molecule has 1 saturated carbocycles. The Hall–Kier alpha value is -0.330. The topological polar surface area (TPSA) is 17.1 Å². The van der Waals surface area contributed by atoms with E-state index < -0.39 is 0 Å². The van der Waals surface area contributed by atoms with Gasteiger partial charge in [0.15, 0.2) is 0 Å². The molecule has 0 aromatic carbocycles. The van der Waals surface area contributed by atoms with Crippen molar-refractivity contribution < 1.29 is 4.79 Å². The highest BCUT2D eigenvalue weighted by Gasteiger charge is 2.27. The summed E-state index contributed by atoms with van der Waals surface area (Å²) in [7, 11) is 0. The van der Waals surface area contributed by atoms with Gasteiger partial charge < -0.3 is 0 Å². The predicted octanol–water partition coefficient (Wildman–Crippen LogP) is 2.65. The molecule has 0 spiro atoms. The fraction of sp³-hybridized carbons (Fsp3) is 0.900. The van der Waals surface area contributed by atoms with Gasteiger partial charge in [0.25, 0.3) is 0 Å². The summed E-state index contributed by atoms with van der Waals surface area (Å²) in [6, 6.07) is 0. The van der Waals surface area contributed by atoms with Crippen LogP contribution in [0.2, 0.25) is 0 Å². The summed E-state index contributed by atoms with van der Waals surface area (Å²) >= 11 is 0. The standard InChI is InChI=1S/C10H18O/c1-7(2)9-5-4-8(3)6-10(9)11/h7-9H,4-6H2,1-3H3/t8-,9?/m1/s1. The second kappa shape index (κ2) is 3.38. The Labute approximate surface area is 69.2 Å². The van der Waals surface area contributed by atoms with Crippen LogP contribution in [0.5, 0.6) is 0 Å². The van der Waals surface area contributed by atoms with Crippen LogP contribution in [0, 0.1) is 17.8 Å². The highest BCUT2D eigenvalue weighted by Crippen LogP contribution is 2.29. The molecule has 64 valence electrons. The number of rotatable bonds is 1. The van der Waals surface area contributed by atoms with Crippen molar-refractivity contribution in [3.05, 3.63) is 0 Å². The molecule has 2 atom stereocenters. The fourth-order valence-corrected chi connectivity index (χ4v) is 1.93. The first kappa shape index (κ1) is 8.76. The Balaban J connectivity index is 2.51. The number of hydrogen-bond donors (Lipinski definition) is 0. The van der Waals surface area contributed by atoms with Crippen LogP contribution in [0.1, 0.15) is 40.0 Å². The van der Waals surface area contributed by atoms with Crippen molar-refractivity contribution in [1.82, 2.24) is 0 Å². The van der Waals surface area contributed by atoms with Gasteiger partial charge in [-0.3, -0.25) is 4.79 Å². The largest absolute Gasteiger partial charge is 0.299 e. The molecule has 0 aliphatic heterocycles. The molecule has 1 nitrogen and oxygen atoms in total. The van der Waals surface area contributed by atoms with Gasteiger partial charge in [0.05, 0.1) is 0 Å². The van der Waals surface area contributed by atoms with Crippen LogP contribution in [0.4, 0.5) is 0 Å². The molecule has 0 radical (unpaired) electrons. The van der Waals surface area contributed by atoms with Crippen LogP contribution in [0.25, 0.3) is 0 Å². The van der Waals surface area contributed by atoms with Gasteiger partial charge in [-0.1, -0.05) is 20.8 Å². The van der Waals surface area contributed by atoms with Crippen LogP contribution < -0.4 is 0 Å². The normalized spacial score (nSPS) is 32.9. The second-order valence-electron chi connectivity index (χ2n) is 4.20. The molecular formula is C10H18O. The minimum atomic E-state index is 0.367. The van der Waals surface area contributed by atoms with Gasteiger partial charge in [-0.15, -0.1) is 0 Å². The van der Waals surface area contributed by atoms with Crippen molar-refractivity contribution in [1.29, 1.82) is 0 Å². The van der Waals surface area contributed by atoms with Crippen molar-refractivity contribution in [2.45, 2.75) is 40.0 Å². The van der Waals surface area contributed by atoms with Gasteiger partial charge in [-0.25, -0.2) is 0 Å². The Kier molecular flexibility index (Phi) is 2.69. The summed E-state index contributed by atoms with van der Waals surface area (Å²) in [4.78, 5) is 11.4. The lowest BCUT2D eigenvalue weighted by atomic mass is 9.77. The lowest BCUT2D eigenvalue weighted by molar-refractivity contribution is -0.127. The first-order valence-electron chi connectivity index (χ1n) is 4.64. The lowest BCUT2D eigenvalue weighted by Crippen LogP contribution is -2.27. The van der Waals surface area contributed by atoms with E-state index in [0.29, 0.717) is 23.5 Å². The van der Waals surface area contributed by atoms with Crippen molar-refractivity contribution in [3.8, 4) is 0 Å². The molecule has 0 saturated heterocycles. The van der Waals surface area contributed by atoms with Gasteiger partial charge in [0.2, 0.25) is 0 Å². The van der Waals surface area contributed by atoms with Crippen LogP contribution in [0.3, 0.4) is 0 Å². The Bertz CT molecular complexity index is 149. The molecule has 0 N–H and O–H groups in total. The summed E-state index contributed by atoms with van der Waals surface area (Å²) in [6.07, 6.45) is 3.19. The number of Topliss-reactive ketones (excluding diaryl/α,β-unsaturated/α-hetero) is 1. The Morgan fingerprint density at radius 2 is 2.00 bits per heavy atom. The van der Waals surface area contributed by atoms with Crippen molar-refractivity contribution in [2.24, 2.45) is 17.8 Å². The zero-order valence-corrected chi connectivity index (χ0v) is 7.76. The molecule has 0 heterocycles. The molecule has 11 heavy (non-hydrogen) atoms. The van der Waals surface area contributed by atoms with Crippen LogP contribution in [-0.2, 0) is 4.79 Å². The summed E-state index contributed by atoms with van der Waals surface area (Å²) in [5, 5.41) is 0. The molecule has 0 amide bonds. The third-order valence-corrected chi connectivity index (χ3v) is 2.74. The highest BCUT2D eigenvalue weighted by molar-refractivity contribution is 5.82. The number of carbonyl (C=O) groups excluding carboxylic acids is 1. The lowest BCUT2D eigenvalue weighted by Gasteiger charge is -2.27. The molecule has 0 aromatic rings. The Morgan fingerprint density at radius 3 is 2.45 bits per heavy atom. The minimum absolute atomic E-state index is 0.367. The van der Waals surface area contributed by atoms with E-state index in [1.54, 1.807) is 0 Å².